The molecule has 0 amide bonds. The number of benzene rings is 3. The summed E-state index contributed by atoms with van der Waals surface area (Å²) in [5, 5.41) is 28.8. The van der Waals surface area contributed by atoms with Crippen LogP contribution in [0.25, 0.3) is 34.2 Å². The fourth-order valence-electron chi connectivity index (χ4n) is 10.4. The zero-order valence-electron chi connectivity index (χ0n) is 46.2. The highest BCUT2D eigenvalue weighted by atomic mass is 35.5. The van der Waals surface area contributed by atoms with Gasteiger partial charge in [-0.1, -0.05) is 25.4 Å². The van der Waals surface area contributed by atoms with Crippen LogP contribution in [0.1, 0.15) is 80.1 Å². The number of nitrogens with two attached hydrogens (primary N) is 2. The maximum absolute atomic E-state index is 10.9. The normalized spacial score (nSPS) is 21.5. The molecule has 6 saturated heterocycles. The summed E-state index contributed by atoms with van der Waals surface area (Å²) in [6.45, 7) is 17.3. The first kappa shape index (κ1) is 57.3. The number of halogens is 1. The number of nitro benzene ring substituents is 2. The second-order valence-electron chi connectivity index (χ2n) is 21.9. The molecule has 3 aromatic heterocycles. The van der Waals surface area contributed by atoms with Crippen LogP contribution in [0.15, 0.2) is 91.0 Å². The van der Waals surface area contributed by atoms with Gasteiger partial charge in [0.25, 0.3) is 11.4 Å². The number of ether oxygens (including phenoxy) is 3. The van der Waals surface area contributed by atoms with Crippen molar-refractivity contribution in [2.75, 3.05) is 70.3 Å². The first-order chi connectivity index (χ1) is 38.4. The number of hydrogen-bond donors (Lipinski definition) is 4. The van der Waals surface area contributed by atoms with Gasteiger partial charge < -0.3 is 51.0 Å². The van der Waals surface area contributed by atoms with Crippen molar-refractivity contribution in [3.05, 3.63) is 116 Å². The summed E-state index contributed by atoms with van der Waals surface area (Å²) in [5.74, 6) is 5.94. The summed E-state index contributed by atoms with van der Waals surface area (Å²) in [6.07, 6.45) is 8.33. The molecule has 0 saturated carbocycles. The predicted molar refractivity (Wildman–Crippen MR) is 312 cm³/mol. The fraction of sp³-hybridized carbons (Fsp3) is 0.474. The van der Waals surface area contributed by atoms with Gasteiger partial charge in [0.1, 0.15) is 34.2 Å². The molecular formula is C57H72ClN15O7. The largest absolute Gasteiger partial charge is 0.399 e. The van der Waals surface area contributed by atoms with E-state index in [2.05, 4.69) is 68.0 Å². The molecule has 6 bridgehead atoms. The van der Waals surface area contributed by atoms with E-state index in [1.165, 1.54) is 24.3 Å². The Bertz CT molecular complexity index is 3030. The number of rotatable bonds is 12. The van der Waals surface area contributed by atoms with Crippen molar-refractivity contribution < 1.29 is 24.1 Å². The maximum Gasteiger partial charge on any atom is 0.269 e. The lowest BCUT2D eigenvalue weighted by molar-refractivity contribution is -0.385. The van der Waals surface area contributed by atoms with Crippen LogP contribution >= 0.6 is 11.6 Å². The lowest BCUT2D eigenvalue weighted by atomic mass is 10.2. The molecule has 22 nitrogen and oxygen atoms in total. The van der Waals surface area contributed by atoms with Crippen LogP contribution in [-0.2, 0) is 14.2 Å². The molecule has 6 aliphatic heterocycles. The molecule has 0 aliphatic carbocycles. The van der Waals surface area contributed by atoms with E-state index in [0.717, 1.165) is 130 Å². The summed E-state index contributed by atoms with van der Waals surface area (Å²) in [4.78, 5) is 55.4. The first-order valence-electron chi connectivity index (χ1n) is 27.5. The number of fused-ring (bicyclic) bond motifs is 6. The van der Waals surface area contributed by atoms with Crippen molar-refractivity contribution >= 4 is 57.8 Å². The van der Waals surface area contributed by atoms with E-state index in [-0.39, 0.29) is 41.8 Å². The molecule has 3 aromatic carbocycles. The van der Waals surface area contributed by atoms with Gasteiger partial charge in [-0.15, -0.1) is 0 Å². The Morgan fingerprint density at radius 3 is 1.09 bits per heavy atom. The Balaban J connectivity index is 0.000000141. The molecule has 23 heteroatoms. The zero-order valence-corrected chi connectivity index (χ0v) is 46.9. The van der Waals surface area contributed by atoms with E-state index in [1.54, 1.807) is 30.3 Å². The monoisotopic (exact) mass is 1110 g/mol. The first-order valence-corrected chi connectivity index (χ1v) is 27.9. The summed E-state index contributed by atoms with van der Waals surface area (Å²) < 4.78 is 17.7. The number of morpholine rings is 3. The minimum atomic E-state index is -0.433. The molecule has 9 heterocycles. The standard InChI is InChI=1S/C19H23N5O3.C19H25N5O.C16H15ClN4O3.C3H9N/c1-12(2)20-17-9-18(23-10-15-7-8-16(11-23)27-15)22-19(21-17)13-3-5-14(6-4-13)24(25)26;1-12(2)21-17-9-18(24-10-15-7-8-16(11-24)25-15)23-19(22-17)13-3-5-14(20)6-4-13;17-14-7-15(20-8-12-5-6-13(9-20)24-12)19-16(18-14)10-1-3-11(4-2-10)21(22)23;1-3(2)4/h3-6,9,12,15-16H,7-8,10-11H2,1-2H3,(H,20,21,22);3-6,9,12,15-16H,7-8,10-11,20H2,1-2H3,(H,21,22,23);1-4,7,12-13H,5-6,8-9H2;3H,4H2,1-2H3. The third-order valence-corrected chi connectivity index (χ3v) is 14.1. The molecule has 424 valence electrons. The highest BCUT2D eigenvalue weighted by molar-refractivity contribution is 6.29. The van der Waals surface area contributed by atoms with Crippen LogP contribution in [0.3, 0.4) is 0 Å². The molecule has 6 N–H and O–H groups in total. The highest BCUT2D eigenvalue weighted by Crippen LogP contribution is 2.35. The number of aromatic nitrogens is 6. The Morgan fingerprint density at radius 1 is 0.500 bits per heavy atom. The third-order valence-electron chi connectivity index (χ3n) is 13.9. The van der Waals surface area contributed by atoms with Crippen LogP contribution in [0.2, 0.25) is 5.15 Å². The van der Waals surface area contributed by atoms with E-state index in [1.807, 2.05) is 50.2 Å². The van der Waals surface area contributed by atoms with Crippen LogP contribution in [0.4, 0.5) is 46.2 Å². The molecule has 12 rings (SSSR count). The van der Waals surface area contributed by atoms with E-state index in [4.69, 9.17) is 52.2 Å². The SMILES string of the molecule is CC(C)N.CC(C)Nc1cc(N2CC3CCC(C2)O3)nc(-c2ccc(N)cc2)n1.CC(C)Nc1cc(N2CC3CCC(C2)O3)nc(-c2ccc([N+](=O)[O-])cc2)n1.O=[N+]([O-])c1ccc(-c2nc(Cl)cc(N3CC4CCC(C3)O4)n2)cc1. The molecule has 6 aromatic rings. The molecule has 6 aliphatic rings. The van der Waals surface area contributed by atoms with Gasteiger partial charge in [0.2, 0.25) is 0 Å². The van der Waals surface area contributed by atoms with Crippen molar-refractivity contribution in [2.24, 2.45) is 5.73 Å². The quantitative estimate of drug-likeness (QED) is 0.0384. The summed E-state index contributed by atoms with van der Waals surface area (Å²) in [7, 11) is 0. The molecule has 0 radical (unpaired) electrons. The average molecular weight is 1110 g/mol. The predicted octanol–water partition coefficient (Wildman–Crippen LogP) is 9.58. The van der Waals surface area contributed by atoms with Gasteiger partial charge in [-0.05, 0) is 121 Å². The molecule has 0 spiro atoms. The van der Waals surface area contributed by atoms with Gasteiger partial charge in [-0.2, -0.15) is 0 Å². The van der Waals surface area contributed by atoms with Crippen LogP contribution in [0.5, 0.6) is 0 Å². The van der Waals surface area contributed by atoms with Gasteiger partial charge in [-0.25, -0.2) is 29.9 Å². The Morgan fingerprint density at radius 2 is 0.787 bits per heavy atom. The number of nitrogens with zero attached hydrogens (tertiary/aromatic N) is 11. The minimum absolute atomic E-state index is 0.0331. The molecular weight excluding hydrogens is 1040 g/mol. The van der Waals surface area contributed by atoms with E-state index >= 15 is 0 Å². The minimum Gasteiger partial charge on any atom is -0.399 e. The lowest BCUT2D eigenvalue weighted by Gasteiger charge is -2.33. The number of anilines is 6. The topological polar surface area (TPSA) is 277 Å². The van der Waals surface area contributed by atoms with Crippen molar-refractivity contribution in [3.63, 3.8) is 0 Å². The van der Waals surface area contributed by atoms with E-state index in [9.17, 15) is 20.2 Å². The van der Waals surface area contributed by atoms with Crippen molar-refractivity contribution in [1.29, 1.82) is 0 Å². The number of nitro groups is 2. The molecule has 6 atom stereocenters. The van der Waals surface area contributed by atoms with E-state index in [0.29, 0.717) is 46.7 Å². The zero-order chi connectivity index (χ0) is 56.6. The van der Waals surface area contributed by atoms with Crippen molar-refractivity contribution in [1.82, 2.24) is 29.9 Å². The number of hydrogen-bond acceptors (Lipinski definition) is 20. The molecule has 6 unspecified atom stereocenters. The van der Waals surface area contributed by atoms with Gasteiger partial charge in [0, 0.05) is 116 Å². The van der Waals surface area contributed by atoms with Crippen molar-refractivity contribution in [2.45, 2.75) is 135 Å². The van der Waals surface area contributed by atoms with Gasteiger partial charge in [0.05, 0.1) is 46.5 Å². The highest BCUT2D eigenvalue weighted by Gasteiger charge is 2.37. The fourth-order valence-corrected chi connectivity index (χ4v) is 10.6. The lowest BCUT2D eigenvalue weighted by Crippen LogP contribution is -2.43. The summed E-state index contributed by atoms with van der Waals surface area (Å²) >= 11 is 6.17. The molecule has 6 fully saturated rings. The summed E-state index contributed by atoms with van der Waals surface area (Å²) in [5.41, 5.74) is 14.2. The Labute approximate surface area is 471 Å². The number of non-ortho nitro benzene ring substituents is 2. The third kappa shape index (κ3) is 15.3. The summed E-state index contributed by atoms with van der Waals surface area (Å²) in [6, 6.07) is 26.9. The average Bonchev–Trinajstić information content (AvgIpc) is 4.09. The number of nitrogen functional groups attached to an aromatic ring is 1. The number of nitrogens with one attached hydrogen (secondary N) is 2. The van der Waals surface area contributed by atoms with E-state index < -0.39 is 9.85 Å². The van der Waals surface area contributed by atoms with Crippen LogP contribution in [-0.4, -0.2) is 134 Å². The van der Waals surface area contributed by atoms with Crippen LogP contribution < -0.4 is 36.8 Å². The smallest absolute Gasteiger partial charge is 0.269 e. The maximum atomic E-state index is 10.9. The Kier molecular flexibility index (Phi) is 18.5. The second kappa shape index (κ2) is 25.8. The Hall–Kier alpha value is -7.37. The van der Waals surface area contributed by atoms with Gasteiger partial charge >= 0.3 is 0 Å². The van der Waals surface area contributed by atoms with Crippen molar-refractivity contribution in [3.8, 4) is 34.2 Å². The van der Waals surface area contributed by atoms with Crippen LogP contribution in [0, 0.1) is 20.2 Å². The second-order valence-corrected chi connectivity index (χ2v) is 22.3. The van der Waals surface area contributed by atoms with Gasteiger partial charge in [-0.3, -0.25) is 20.2 Å². The molecule has 80 heavy (non-hydrogen) atoms. The van der Waals surface area contributed by atoms with Gasteiger partial charge in [0.15, 0.2) is 17.5 Å².